The van der Waals surface area contributed by atoms with Crippen molar-refractivity contribution in [1.29, 1.82) is 0 Å². The van der Waals surface area contributed by atoms with Gasteiger partial charge in [0.2, 0.25) is 0 Å². The number of rotatable bonds is 6. The van der Waals surface area contributed by atoms with E-state index in [1.807, 2.05) is 6.92 Å². The third-order valence-electron chi connectivity index (χ3n) is 3.30. The Hall–Kier alpha value is -1.18. The summed E-state index contributed by atoms with van der Waals surface area (Å²) in [4.78, 5) is 12.3. The number of hydrogen-bond donors (Lipinski definition) is 0. The van der Waals surface area contributed by atoms with Crippen LogP contribution in [0.15, 0.2) is 18.2 Å². The third-order valence-corrected chi connectivity index (χ3v) is 3.30. The van der Waals surface area contributed by atoms with E-state index in [0.29, 0.717) is 11.1 Å². The minimum atomic E-state index is -0.291. The van der Waals surface area contributed by atoms with Crippen molar-refractivity contribution in [3.05, 3.63) is 35.1 Å². The molecular weight excluding hydrogens is 215 g/mol. The Labute approximate surface area is 103 Å². The molecule has 94 valence electrons. The van der Waals surface area contributed by atoms with Crippen molar-refractivity contribution in [1.82, 2.24) is 0 Å². The molecule has 0 N–H and O–H groups in total. The smallest absolute Gasteiger partial charge is 0.166 e. The monoisotopic (exact) mass is 236 g/mol. The highest BCUT2D eigenvalue weighted by molar-refractivity contribution is 5.99. The standard InChI is InChI=1S/C15H21FO/c1-4-6-8-12(5-2)15(17)13-9-7-10-14(16)11(13)3/h7,9-10,12H,4-6,8H2,1-3H3. The summed E-state index contributed by atoms with van der Waals surface area (Å²) in [6, 6.07) is 4.75. The molecule has 2 heteroatoms. The lowest BCUT2D eigenvalue weighted by Gasteiger charge is -2.15. The summed E-state index contributed by atoms with van der Waals surface area (Å²) in [7, 11) is 0. The highest BCUT2D eigenvalue weighted by atomic mass is 19.1. The summed E-state index contributed by atoms with van der Waals surface area (Å²) in [5, 5.41) is 0. The zero-order chi connectivity index (χ0) is 12.8. The zero-order valence-electron chi connectivity index (χ0n) is 10.9. The number of hydrogen-bond acceptors (Lipinski definition) is 1. The van der Waals surface area contributed by atoms with Gasteiger partial charge in [0.15, 0.2) is 5.78 Å². The second kappa shape index (κ2) is 6.53. The molecule has 0 aliphatic carbocycles. The predicted octanol–water partition coefficient (Wildman–Crippen LogP) is 4.53. The van der Waals surface area contributed by atoms with Gasteiger partial charge in [-0.2, -0.15) is 0 Å². The lowest BCUT2D eigenvalue weighted by molar-refractivity contribution is 0.0907. The van der Waals surface area contributed by atoms with Gasteiger partial charge in [-0.25, -0.2) is 4.39 Å². The van der Waals surface area contributed by atoms with Gasteiger partial charge in [0.1, 0.15) is 5.82 Å². The van der Waals surface area contributed by atoms with Gasteiger partial charge in [-0.15, -0.1) is 0 Å². The van der Waals surface area contributed by atoms with E-state index in [-0.39, 0.29) is 17.5 Å². The van der Waals surface area contributed by atoms with Crippen LogP contribution in [0.5, 0.6) is 0 Å². The van der Waals surface area contributed by atoms with Crippen molar-refractivity contribution in [3.63, 3.8) is 0 Å². The molecule has 1 nitrogen and oxygen atoms in total. The maximum atomic E-state index is 13.4. The number of carbonyl (C=O) groups excluding carboxylic acids is 1. The van der Waals surface area contributed by atoms with Crippen LogP contribution in [0.25, 0.3) is 0 Å². The summed E-state index contributed by atoms with van der Waals surface area (Å²) in [5.74, 6) is -0.158. The molecule has 1 aromatic carbocycles. The van der Waals surface area contributed by atoms with Crippen molar-refractivity contribution in [2.75, 3.05) is 0 Å². The van der Waals surface area contributed by atoms with Crippen LogP contribution >= 0.6 is 0 Å². The third kappa shape index (κ3) is 3.39. The van der Waals surface area contributed by atoms with Gasteiger partial charge in [-0.3, -0.25) is 4.79 Å². The molecule has 1 aromatic rings. The Morgan fingerprint density at radius 2 is 2.06 bits per heavy atom. The summed E-state index contributed by atoms with van der Waals surface area (Å²) < 4.78 is 13.4. The number of ketones is 1. The van der Waals surface area contributed by atoms with Crippen LogP contribution in [0.4, 0.5) is 4.39 Å². The van der Waals surface area contributed by atoms with Gasteiger partial charge in [-0.1, -0.05) is 38.8 Å². The highest BCUT2D eigenvalue weighted by Gasteiger charge is 2.20. The molecule has 1 atom stereocenters. The molecule has 0 fully saturated rings. The van der Waals surface area contributed by atoms with Crippen molar-refractivity contribution in [2.24, 2.45) is 5.92 Å². The highest BCUT2D eigenvalue weighted by Crippen LogP contribution is 2.22. The topological polar surface area (TPSA) is 17.1 Å². The van der Waals surface area contributed by atoms with E-state index in [9.17, 15) is 9.18 Å². The minimum Gasteiger partial charge on any atom is -0.294 e. The molecule has 17 heavy (non-hydrogen) atoms. The quantitative estimate of drug-likeness (QED) is 0.663. The number of benzene rings is 1. The lowest BCUT2D eigenvalue weighted by atomic mass is 9.89. The van der Waals surface area contributed by atoms with Crippen LogP contribution in [0, 0.1) is 18.7 Å². The number of unbranched alkanes of at least 4 members (excludes halogenated alkanes) is 1. The first-order valence-electron chi connectivity index (χ1n) is 6.41. The van der Waals surface area contributed by atoms with E-state index >= 15 is 0 Å². The van der Waals surface area contributed by atoms with E-state index in [4.69, 9.17) is 0 Å². The van der Waals surface area contributed by atoms with Crippen LogP contribution in [0.2, 0.25) is 0 Å². The molecule has 0 saturated heterocycles. The van der Waals surface area contributed by atoms with E-state index in [1.165, 1.54) is 6.07 Å². The van der Waals surface area contributed by atoms with E-state index < -0.39 is 0 Å². The Balaban J connectivity index is 2.90. The number of Topliss-reactive ketones (excluding diaryl/α,β-unsaturated/α-hetero) is 1. The Morgan fingerprint density at radius 3 is 2.65 bits per heavy atom. The summed E-state index contributed by atoms with van der Waals surface area (Å²) in [6.07, 6.45) is 3.88. The first kappa shape index (κ1) is 13.9. The fourth-order valence-corrected chi connectivity index (χ4v) is 2.07. The van der Waals surface area contributed by atoms with Crippen LogP contribution in [-0.4, -0.2) is 5.78 Å². The van der Waals surface area contributed by atoms with Crippen LogP contribution < -0.4 is 0 Å². The average Bonchev–Trinajstić information content (AvgIpc) is 2.33. The van der Waals surface area contributed by atoms with Crippen molar-refractivity contribution in [3.8, 4) is 0 Å². The fourth-order valence-electron chi connectivity index (χ4n) is 2.07. The largest absolute Gasteiger partial charge is 0.294 e. The Kier molecular flexibility index (Phi) is 5.33. The SMILES string of the molecule is CCCCC(CC)C(=O)c1cccc(F)c1C. The molecule has 1 unspecified atom stereocenters. The van der Waals surface area contributed by atoms with E-state index in [2.05, 4.69) is 6.92 Å². The van der Waals surface area contributed by atoms with Gasteiger partial charge in [0.05, 0.1) is 0 Å². The van der Waals surface area contributed by atoms with Crippen LogP contribution in [0.1, 0.15) is 55.5 Å². The van der Waals surface area contributed by atoms with E-state index in [0.717, 1.165) is 25.7 Å². The molecule has 0 aliphatic rings. The second-order valence-corrected chi connectivity index (χ2v) is 4.52. The maximum Gasteiger partial charge on any atom is 0.166 e. The molecule has 0 spiro atoms. The van der Waals surface area contributed by atoms with Crippen molar-refractivity contribution < 1.29 is 9.18 Å². The van der Waals surface area contributed by atoms with E-state index in [1.54, 1.807) is 19.1 Å². The summed E-state index contributed by atoms with van der Waals surface area (Å²) in [5.41, 5.74) is 1.03. The molecule has 0 aromatic heterocycles. The predicted molar refractivity (Wildman–Crippen MR) is 68.8 cm³/mol. The zero-order valence-corrected chi connectivity index (χ0v) is 10.9. The molecule has 0 amide bonds. The first-order valence-corrected chi connectivity index (χ1v) is 6.41. The molecule has 0 heterocycles. The molecule has 1 rings (SSSR count). The summed E-state index contributed by atoms with van der Waals surface area (Å²) in [6.45, 7) is 5.81. The maximum absolute atomic E-state index is 13.4. The second-order valence-electron chi connectivity index (χ2n) is 4.52. The van der Waals surface area contributed by atoms with Crippen molar-refractivity contribution >= 4 is 5.78 Å². The van der Waals surface area contributed by atoms with Crippen LogP contribution in [-0.2, 0) is 0 Å². The van der Waals surface area contributed by atoms with Gasteiger partial charge >= 0.3 is 0 Å². The molecular formula is C15H21FO. The normalized spacial score (nSPS) is 12.5. The molecule has 0 radical (unpaired) electrons. The molecule has 0 aliphatic heterocycles. The van der Waals surface area contributed by atoms with Crippen LogP contribution in [0.3, 0.4) is 0 Å². The molecule has 0 saturated carbocycles. The Bertz CT molecular complexity index is 385. The first-order chi connectivity index (χ1) is 8.11. The molecule has 0 bridgehead atoms. The van der Waals surface area contributed by atoms with Gasteiger partial charge in [0.25, 0.3) is 0 Å². The number of carbonyl (C=O) groups is 1. The fraction of sp³-hybridized carbons (Fsp3) is 0.533. The van der Waals surface area contributed by atoms with Gasteiger partial charge < -0.3 is 0 Å². The average molecular weight is 236 g/mol. The Morgan fingerprint density at radius 1 is 1.35 bits per heavy atom. The van der Waals surface area contributed by atoms with Gasteiger partial charge in [0, 0.05) is 11.5 Å². The lowest BCUT2D eigenvalue weighted by Crippen LogP contribution is -2.15. The summed E-state index contributed by atoms with van der Waals surface area (Å²) >= 11 is 0. The number of halogens is 1. The minimum absolute atomic E-state index is 0.0375. The van der Waals surface area contributed by atoms with Gasteiger partial charge in [-0.05, 0) is 31.4 Å². The van der Waals surface area contributed by atoms with Crippen molar-refractivity contribution in [2.45, 2.75) is 46.5 Å².